The molecular weight excluding hydrogens is 354 g/mol. The van der Waals surface area contributed by atoms with Crippen LogP contribution in [-0.4, -0.2) is 24.9 Å². The molecule has 4 nitrogen and oxygen atoms in total. The van der Waals surface area contributed by atoms with Gasteiger partial charge in [-0.05, 0) is 40.8 Å². The molecule has 0 unspecified atom stereocenters. The van der Waals surface area contributed by atoms with Gasteiger partial charge in [-0.2, -0.15) is 0 Å². The predicted octanol–water partition coefficient (Wildman–Crippen LogP) is 1.80. The summed E-state index contributed by atoms with van der Waals surface area (Å²) in [6, 6.07) is 5.48. The van der Waals surface area contributed by atoms with E-state index in [0.29, 0.717) is 23.7 Å². The van der Waals surface area contributed by atoms with Crippen molar-refractivity contribution in [3.8, 4) is 0 Å². The molecule has 0 atom stereocenters. The van der Waals surface area contributed by atoms with Gasteiger partial charge in [0.15, 0.2) is 0 Å². The van der Waals surface area contributed by atoms with Crippen LogP contribution in [0.1, 0.15) is 6.42 Å². The fourth-order valence-electron chi connectivity index (χ4n) is 1.65. The van der Waals surface area contributed by atoms with Gasteiger partial charge in [0.2, 0.25) is 11.8 Å². The third kappa shape index (κ3) is 2.90. The van der Waals surface area contributed by atoms with E-state index in [1.54, 1.807) is 17.0 Å². The summed E-state index contributed by atoms with van der Waals surface area (Å²) in [5.74, 6) is -0.249. The molecule has 90 valence electrons. The highest BCUT2D eigenvalue weighted by atomic mass is 127. The van der Waals surface area contributed by atoms with Gasteiger partial charge >= 0.3 is 0 Å². The van der Waals surface area contributed by atoms with Gasteiger partial charge in [-0.3, -0.25) is 9.59 Å². The third-order valence-corrected chi connectivity index (χ3v) is 3.47. The van der Waals surface area contributed by atoms with Crippen LogP contribution in [0.3, 0.4) is 0 Å². The molecule has 1 aliphatic heterocycles. The normalized spacial score (nSPS) is 16.7. The quantitative estimate of drug-likeness (QED) is 0.773. The van der Waals surface area contributed by atoms with E-state index in [1.807, 2.05) is 6.07 Å². The molecule has 1 heterocycles. The summed E-state index contributed by atoms with van der Waals surface area (Å²) >= 11 is 8.27. The van der Waals surface area contributed by atoms with Crippen molar-refractivity contribution in [3.05, 3.63) is 26.8 Å². The minimum Gasteiger partial charge on any atom is -0.347 e. The molecule has 1 saturated heterocycles. The number of hydrogen-bond donors (Lipinski definition) is 1. The first-order chi connectivity index (χ1) is 8.08. The summed E-state index contributed by atoms with van der Waals surface area (Å²) < 4.78 is 1.01. The van der Waals surface area contributed by atoms with E-state index >= 15 is 0 Å². The van der Waals surface area contributed by atoms with Gasteiger partial charge in [0.05, 0.1) is 17.3 Å². The fourth-order valence-corrected chi connectivity index (χ4v) is 2.61. The maximum Gasteiger partial charge on any atom is 0.246 e. The molecule has 1 aromatic rings. The van der Waals surface area contributed by atoms with Gasteiger partial charge in [0.25, 0.3) is 0 Å². The van der Waals surface area contributed by atoms with Crippen LogP contribution in [0.4, 0.5) is 5.69 Å². The number of hydrogen-bond acceptors (Lipinski definition) is 2. The van der Waals surface area contributed by atoms with Gasteiger partial charge in [-0.1, -0.05) is 11.6 Å². The number of amides is 2. The zero-order chi connectivity index (χ0) is 12.4. The largest absolute Gasteiger partial charge is 0.347 e. The molecule has 0 bridgehead atoms. The Morgan fingerprint density at radius 2 is 2.12 bits per heavy atom. The molecule has 0 aliphatic carbocycles. The standard InChI is InChI=1S/C11H10ClIN2O2/c12-8-5-7(13)1-2-9(8)15-4-3-10(16)14-6-11(15)17/h1-2,5H,3-4,6H2,(H,14,16). The van der Waals surface area contributed by atoms with Gasteiger partial charge in [-0.15, -0.1) is 0 Å². The van der Waals surface area contributed by atoms with Crippen LogP contribution in [0.2, 0.25) is 5.02 Å². The van der Waals surface area contributed by atoms with E-state index in [0.717, 1.165) is 3.57 Å². The number of carbonyl (C=O) groups excluding carboxylic acids is 2. The average Bonchev–Trinajstić information content (AvgIpc) is 2.43. The highest BCUT2D eigenvalue weighted by Crippen LogP contribution is 2.28. The second kappa shape index (κ2) is 5.22. The first-order valence-corrected chi connectivity index (χ1v) is 6.56. The topological polar surface area (TPSA) is 49.4 Å². The van der Waals surface area contributed by atoms with Crippen LogP contribution in [0.5, 0.6) is 0 Å². The van der Waals surface area contributed by atoms with Crippen molar-refractivity contribution in [2.75, 3.05) is 18.0 Å². The number of benzene rings is 1. The van der Waals surface area contributed by atoms with Crippen molar-refractivity contribution in [2.24, 2.45) is 0 Å². The van der Waals surface area contributed by atoms with E-state index in [1.165, 1.54) is 0 Å². The van der Waals surface area contributed by atoms with E-state index in [9.17, 15) is 9.59 Å². The molecular formula is C11H10ClIN2O2. The lowest BCUT2D eigenvalue weighted by atomic mass is 10.2. The minimum absolute atomic E-state index is 0.0289. The van der Waals surface area contributed by atoms with Crippen LogP contribution in [0.15, 0.2) is 18.2 Å². The van der Waals surface area contributed by atoms with Crippen LogP contribution in [-0.2, 0) is 9.59 Å². The van der Waals surface area contributed by atoms with E-state index in [2.05, 4.69) is 27.9 Å². The zero-order valence-electron chi connectivity index (χ0n) is 8.87. The Morgan fingerprint density at radius 1 is 1.35 bits per heavy atom. The Bertz CT molecular complexity index is 479. The summed E-state index contributed by atoms with van der Waals surface area (Å²) in [5, 5.41) is 3.08. The summed E-state index contributed by atoms with van der Waals surface area (Å²) in [7, 11) is 0. The van der Waals surface area contributed by atoms with Gasteiger partial charge in [0, 0.05) is 16.5 Å². The van der Waals surface area contributed by atoms with Crippen LogP contribution in [0, 0.1) is 3.57 Å². The Balaban J connectivity index is 2.31. The molecule has 0 radical (unpaired) electrons. The fraction of sp³-hybridized carbons (Fsp3) is 0.273. The lowest BCUT2D eigenvalue weighted by Crippen LogP contribution is -2.35. The summed E-state index contributed by atoms with van der Waals surface area (Å²) in [4.78, 5) is 24.6. The Morgan fingerprint density at radius 3 is 2.82 bits per heavy atom. The Kier molecular flexibility index (Phi) is 3.88. The van der Waals surface area contributed by atoms with Gasteiger partial charge in [-0.25, -0.2) is 0 Å². The number of nitrogens with zero attached hydrogens (tertiary/aromatic N) is 1. The maximum absolute atomic E-state index is 11.8. The van der Waals surface area contributed by atoms with Gasteiger partial charge < -0.3 is 10.2 Å². The van der Waals surface area contributed by atoms with Crippen molar-refractivity contribution in [1.82, 2.24) is 5.32 Å². The lowest BCUT2D eigenvalue weighted by molar-refractivity contribution is -0.123. The van der Waals surface area contributed by atoms with Crippen molar-refractivity contribution in [1.29, 1.82) is 0 Å². The van der Waals surface area contributed by atoms with Crippen molar-refractivity contribution in [3.63, 3.8) is 0 Å². The maximum atomic E-state index is 11.8. The minimum atomic E-state index is -0.140. The first kappa shape index (κ1) is 12.6. The number of nitrogens with one attached hydrogen (secondary N) is 1. The van der Waals surface area contributed by atoms with Crippen LogP contribution < -0.4 is 10.2 Å². The van der Waals surface area contributed by atoms with Crippen molar-refractivity contribution < 1.29 is 9.59 Å². The molecule has 1 aromatic carbocycles. The monoisotopic (exact) mass is 364 g/mol. The number of carbonyl (C=O) groups is 2. The van der Waals surface area contributed by atoms with E-state index < -0.39 is 0 Å². The highest BCUT2D eigenvalue weighted by molar-refractivity contribution is 14.1. The Hall–Kier alpha value is -0.820. The summed E-state index contributed by atoms with van der Waals surface area (Å²) in [5.41, 5.74) is 0.661. The molecule has 0 spiro atoms. The molecule has 0 aromatic heterocycles. The molecule has 2 amide bonds. The van der Waals surface area contributed by atoms with E-state index in [-0.39, 0.29) is 18.4 Å². The molecule has 6 heteroatoms. The lowest BCUT2D eigenvalue weighted by Gasteiger charge is -2.21. The van der Waals surface area contributed by atoms with Crippen LogP contribution in [0.25, 0.3) is 0 Å². The second-order valence-corrected chi connectivity index (χ2v) is 5.32. The smallest absolute Gasteiger partial charge is 0.246 e. The molecule has 0 saturated carbocycles. The first-order valence-electron chi connectivity index (χ1n) is 5.10. The molecule has 2 rings (SSSR count). The number of anilines is 1. The Labute approximate surface area is 117 Å². The number of halogens is 2. The van der Waals surface area contributed by atoms with Crippen molar-refractivity contribution >= 4 is 51.7 Å². The molecule has 1 aliphatic rings. The van der Waals surface area contributed by atoms with E-state index in [4.69, 9.17) is 11.6 Å². The molecule has 1 fully saturated rings. The highest BCUT2D eigenvalue weighted by Gasteiger charge is 2.22. The number of rotatable bonds is 1. The van der Waals surface area contributed by atoms with Crippen LogP contribution >= 0.6 is 34.2 Å². The average molecular weight is 365 g/mol. The summed E-state index contributed by atoms with van der Waals surface area (Å²) in [6.45, 7) is 0.395. The zero-order valence-corrected chi connectivity index (χ0v) is 11.8. The van der Waals surface area contributed by atoms with Crippen molar-refractivity contribution in [2.45, 2.75) is 6.42 Å². The molecule has 17 heavy (non-hydrogen) atoms. The second-order valence-electron chi connectivity index (χ2n) is 3.67. The SMILES string of the molecule is O=C1CCN(c2ccc(I)cc2Cl)C(=O)CN1. The molecule has 1 N–H and O–H groups in total. The third-order valence-electron chi connectivity index (χ3n) is 2.50. The van der Waals surface area contributed by atoms with Gasteiger partial charge in [0.1, 0.15) is 0 Å². The predicted molar refractivity (Wildman–Crippen MR) is 74.1 cm³/mol. The summed E-state index contributed by atoms with van der Waals surface area (Å²) in [6.07, 6.45) is 0.300.